The highest BCUT2D eigenvalue weighted by Crippen LogP contribution is 2.24. The predicted octanol–water partition coefficient (Wildman–Crippen LogP) is 1.72. The standard InChI is InChI=1S/C20H22N6O4S2/c1-15-7-8-17(32(28,29)25-9-11-30-12-10-25)13-18(15)21-19(27)14-31-20-22-23-24-26(20)16-5-3-2-4-6-16/h2-8,13H,9-12,14H2,1H3,(H,21,27). The molecule has 0 radical (unpaired) electrons. The number of benzene rings is 2. The first-order valence-corrected chi connectivity index (χ1v) is 12.3. The SMILES string of the molecule is Cc1ccc(S(=O)(=O)N2CCOCC2)cc1NC(=O)CSc1nnnn1-c1ccccc1. The monoisotopic (exact) mass is 474 g/mol. The minimum Gasteiger partial charge on any atom is -0.379 e. The number of hydrogen-bond acceptors (Lipinski definition) is 8. The Kier molecular flexibility index (Phi) is 6.84. The number of thioether (sulfide) groups is 1. The van der Waals surface area contributed by atoms with Gasteiger partial charge in [0.2, 0.25) is 21.1 Å². The maximum Gasteiger partial charge on any atom is 0.243 e. The number of nitrogens with one attached hydrogen (secondary N) is 1. The number of para-hydroxylation sites is 1. The van der Waals surface area contributed by atoms with E-state index in [1.54, 1.807) is 16.8 Å². The Balaban J connectivity index is 1.44. The molecule has 1 amide bonds. The van der Waals surface area contributed by atoms with Gasteiger partial charge in [-0.05, 0) is 47.2 Å². The summed E-state index contributed by atoms with van der Waals surface area (Å²) >= 11 is 1.19. The third-order valence-electron chi connectivity index (χ3n) is 4.86. The zero-order valence-electron chi connectivity index (χ0n) is 17.3. The number of anilines is 1. The Morgan fingerprint density at radius 3 is 2.66 bits per heavy atom. The van der Waals surface area contributed by atoms with Gasteiger partial charge in [-0.3, -0.25) is 4.79 Å². The Morgan fingerprint density at radius 2 is 1.91 bits per heavy atom. The van der Waals surface area contributed by atoms with Crippen LogP contribution < -0.4 is 5.32 Å². The number of ether oxygens (including phenoxy) is 1. The van der Waals surface area contributed by atoms with Gasteiger partial charge in [0.25, 0.3) is 0 Å². The highest BCUT2D eigenvalue weighted by atomic mass is 32.2. The average molecular weight is 475 g/mol. The van der Waals surface area contributed by atoms with Gasteiger partial charge in [-0.25, -0.2) is 8.42 Å². The van der Waals surface area contributed by atoms with Crippen LogP contribution in [-0.4, -0.2) is 70.9 Å². The molecule has 1 N–H and O–H groups in total. The molecule has 3 aromatic rings. The van der Waals surface area contributed by atoms with Crippen molar-refractivity contribution in [1.82, 2.24) is 24.5 Å². The second kappa shape index (κ2) is 9.77. The molecule has 32 heavy (non-hydrogen) atoms. The summed E-state index contributed by atoms with van der Waals surface area (Å²) < 4.78 is 34.0. The van der Waals surface area contributed by atoms with Gasteiger partial charge in [0.1, 0.15) is 0 Å². The quantitative estimate of drug-likeness (QED) is 0.514. The molecule has 1 saturated heterocycles. The van der Waals surface area contributed by atoms with Crippen LogP contribution in [0, 0.1) is 6.92 Å². The molecule has 168 valence electrons. The molecular weight excluding hydrogens is 452 g/mol. The van der Waals surface area contributed by atoms with E-state index in [2.05, 4.69) is 20.8 Å². The van der Waals surface area contributed by atoms with Gasteiger partial charge < -0.3 is 10.1 Å². The minimum atomic E-state index is -3.65. The van der Waals surface area contributed by atoms with Crippen molar-refractivity contribution in [2.75, 3.05) is 37.4 Å². The van der Waals surface area contributed by atoms with E-state index in [1.807, 2.05) is 37.3 Å². The molecule has 0 aliphatic carbocycles. The van der Waals surface area contributed by atoms with Crippen molar-refractivity contribution in [3.05, 3.63) is 54.1 Å². The Morgan fingerprint density at radius 1 is 1.16 bits per heavy atom. The molecule has 0 atom stereocenters. The molecule has 4 rings (SSSR count). The fourth-order valence-electron chi connectivity index (χ4n) is 3.15. The van der Waals surface area contributed by atoms with Gasteiger partial charge in [0.15, 0.2) is 0 Å². The molecule has 2 heterocycles. The summed E-state index contributed by atoms with van der Waals surface area (Å²) in [4.78, 5) is 12.7. The number of amides is 1. The lowest BCUT2D eigenvalue weighted by atomic mass is 10.2. The van der Waals surface area contributed by atoms with E-state index in [0.29, 0.717) is 37.1 Å². The smallest absolute Gasteiger partial charge is 0.243 e. The van der Waals surface area contributed by atoms with Crippen LogP contribution in [0.5, 0.6) is 0 Å². The second-order valence-electron chi connectivity index (χ2n) is 7.04. The Bertz CT molecular complexity index is 1190. The summed E-state index contributed by atoms with van der Waals surface area (Å²) in [6.07, 6.45) is 0. The molecule has 1 aliphatic rings. The average Bonchev–Trinajstić information content (AvgIpc) is 3.29. The number of aryl methyl sites for hydroxylation is 1. The summed E-state index contributed by atoms with van der Waals surface area (Å²) in [7, 11) is -3.65. The molecule has 0 unspecified atom stereocenters. The number of morpholine rings is 1. The minimum absolute atomic E-state index is 0.0626. The van der Waals surface area contributed by atoms with Crippen LogP contribution >= 0.6 is 11.8 Å². The molecule has 1 fully saturated rings. The number of aromatic nitrogens is 4. The van der Waals surface area contributed by atoms with Crippen LogP contribution in [0.1, 0.15) is 5.56 Å². The number of tetrazole rings is 1. The fraction of sp³-hybridized carbons (Fsp3) is 0.300. The zero-order chi connectivity index (χ0) is 22.6. The lowest BCUT2D eigenvalue weighted by Crippen LogP contribution is -2.40. The van der Waals surface area contributed by atoms with Crippen LogP contribution in [0.2, 0.25) is 0 Å². The summed E-state index contributed by atoms with van der Waals surface area (Å²) in [6, 6.07) is 14.1. The third-order valence-corrected chi connectivity index (χ3v) is 7.68. The van der Waals surface area contributed by atoms with E-state index in [4.69, 9.17) is 4.74 Å². The summed E-state index contributed by atoms with van der Waals surface area (Å²) in [5.74, 6) is -0.228. The second-order valence-corrected chi connectivity index (χ2v) is 9.92. The summed E-state index contributed by atoms with van der Waals surface area (Å²) in [5.41, 5.74) is 2.00. The maximum absolute atomic E-state index is 12.9. The van der Waals surface area contributed by atoms with Gasteiger partial charge in [-0.1, -0.05) is 36.0 Å². The van der Waals surface area contributed by atoms with Crippen LogP contribution in [0.4, 0.5) is 5.69 Å². The molecule has 2 aromatic carbocycles. The van der Waals surface area contributed by atoms with Gasteiger partial charge in [0.05, 0.1) is 29.5 Å². The lowest BCUT2D eigenvalue weighted by Gasteiger charge is -2.26. The van der Waals surface area contributed by atoms with E-state index < -0.39 is 10.0 Å². The van der Waals surface area contributed by atoms with Crippen molar-refractivity contribution in [3.8, 4) is 5.69 Å². The highest BCUT2D eigenvalue weighted by Gasteiger charge is 2.27. The topological polar surface area (TPSA) is 119 Å². The zero-order valence-corrected chi connectivity index (χ0v) is 19.0. The van der Waals surface area contributed by atoms with Gasteiger partial charge >= 0.3 is 0 Å². The largest absolute Gasteiger partial charge is 0.379 e. The first-order valence-electron chi connectivity index (χ1n) is 9.90. The summed E-state index contributed by atoms with van der Waals surface area (Å²) in [5, 5.41) is 14.9. The van der Waals surface area contributed by atoms with E-state index >= 15 is 0 Å². The van der Waals surface area contributed by atoms with Crippen molar-refractivity contribution in [1.29, 1.82) is 0 Å². The molecule has 1 aromatic heterocycles. The number of rotatable bonds is 7. The van der Waals surface area contributed by atoms with E-state index in [0.717, 1.165) is 11.3 Å². The molecule has 0 spiro atoms. The van der Waals surface area contributed by atoms with Crippen molar-refractivity contribution in [2.45, 2.75) is 17.0 Å². The van der Waals surface area contributed by atoms with Crippen molar-refractivity contribution < 1.29 is 17.9 Å². The van der Waals surface area contributed by atoms with Crippen molar-refractivity contribution >= 4 is 33.4 Å². The Hall–Kier alpha value is -2.80. The third kappa shape index (κ3) is 4.99. The predicted molar refractivity (Wildman–Crippen MR) is 119 cm³/mol. The van der Waals surface area contributed by atoms with Gasteiger partial charge in [-0.15, -0.1) is 5.10 Å². The number of carbonyl (C=O) groups is 1. The van der Waals surface area contributed by atoms with Crippen LogP contribution in [0.15, 0.2) is 58.6 Å². The molecule has 12 heteroatoms. The van der Waals surface area contributed by atoms with Crippen molar-refractivity contribution in [3.63, 3.8) is 0 Å². The normalized spacial score (nSPS) is 14.9. The van der Waals surface area contributed by atoms with E-state index in [-0.39, 0.29) is 16.6 Å². The Labute approximate surface area is 190 Å². The molecule has 0 bridgehead atoms. The van der Waals surface area contributed by atoms with Gasteiger partial charge in [-0.2, -0.15) is 8.99 Å². The van der Waals surface area contributed by atoms with Gasteiger partial charge in [0, 0.05) is 18.8 Å². The van der Waals surface area contributed by atoms with Crippen molar-refractivity contribution in [2.24, 2.45) is 0 Å². The molecule has 1 aliphatic heterocycles. The first-order chi connectivity index (χ1) is 15.4. The lowest BCUT2D eigenvalue weighted by molar-refractivity contribution is -0.113. The summed E-state index contributed by atoms with van der Waals surface area (Å²) in [6.45, 7) is 3.17. The molecular formula is C20H22N6O4S2. The molecule has 10 nitrogen and oxygen atoms in total. The first kappa shape index (κ1) is 22.4. The number of sulfonamides is 1. The maximum atomic E-state index is 12.9. The molecule has 0 saturated carbocycles. The number of hydrogen-bond donors (Lipinski definition) is 1. The van der Waals surface area contributed by atoms with Crippen LogP contribution in [0.3, 0.4) is 0 Å². The number of nitrogens with zero attached hydrogens (tertiary/aromatic N) is 5. The van der Waals surface area contributed by atoms with Crippen LogP contribution in [0.25, 0.3) is 5.69 Å². The highest BCUT2D eigenvalue weighted by molar-refractivity contribution is 7.99. The number of carbonyl (C=O) groups excluding carboxylic acids is 1. The fourth-order valence-corrected chi connectivity index (χ4v) is 5.27. The van der Waals surface area contributed by atoms with E-state index in [1.165, 1.54) is 22.1 Å². The van der Waals surface area contributed by atoms with Crippen LogP contribution in [-0.2, 0) is 19.6 Å². The van der Waals surface area contributed by atoms with E-state index in [9.17, 15) is 13.2 Å².